The van der Waals surface area contributed by atoms with Crippen molar-refractivity contribution in [2.24, 2.45) is 56.7 Å². The van der Waals surface area contributed by atoms with Gasteiger partial charge >= 0.3 is 0 Å². The summed E-state index contributed by atoms with van der Waals surface area (Å²) < 4.78 is 38.1. The highest BCUT2D eigenvalue weighted by molar-refractivity contribution is 5.23. The predicted molar refractivity (Wildman–Crippen MR) is 215 cm³/mol. The Kier molecular flexibility index (Phi) is 12.3. The van der Waals surface area contributed by atoms with Crippen LogP contribution < -0.4 is 0 Å². The molecule has 16 nitrogen and oxygen atoms in total. The van der Waals surface area contributed by atoms with Crippen molar-refractivity contribution in [3.05, 3.63) is 0 Å². The molecule has 3 saturated heterocycles. The summed E-state index contributed by atoms with van der Waals surface area (Å²) in [5.41, 5.74) is -3.23. The number of fused-ring (bicyclic) bond motifs is 7. The third-order valence-corrected chi connectivity index (χ3v) is 18.9. The third-order valence-electron chi connectivity index (χ3n) is 18.9. The third kappa shape index (κ3) is 7.23. The molecular weight excluding hydrogens is 796 g/mol. The van der Waals surface area contributed by atoms with Gasteiger partial charge in [0.15, 0.2) is 18.9 Å². The molecule has 0 amide bonds. The van der Waals surface area contributed by atoms with Crippen LogP contribution in [0.25, 0.3) is 0 Å². The maximum Gasteiger partial charge on any atom is 0.186 e. The van der Waals surface area contributed by atoms with E-state index in [0.29, 0.717) is 25.7 Å². The van der Waals surface area contributed by atoms with Gasteiger partial charge in [-0.3, -0.25) is 0 Å². The number of aliphatic hydroxyl groups is 10. The van der Waals surface area contributed by atoms with Gasteiger partial charge in [0.1, 0.15) is 54.9 Å². The van der Waals surface area contributed by atoms with E-state index in [0.717, 1.165) is 25.7 Å². The maximum absolute atomic E-state index is 11.7. The molecule has 0 bridgehead atoms. The summed E-state index contributed by atoms with van der Waals surface area (Å²) in [5, 5.41) is 108. The fraction of sp³-hybridized carbons (Fsp3) is 1.00. The second kappa shape index (κ2) is 16.0. The van der Waals surface area contributed by atoms with Crippen LogP contribution in [0.5, 0.6) is 0 Å². The lowest BCUT2D eigenvalue weighted by Crippen LogP contribution is -2.72. The van der Waals surface area contributed by atoms with E-state index in [2.05, 4.69) is 41.5 Å². The molecule has 10 N–H and O–H groups in total. The molecule has 0 aromatic heterocycles. The van der Waals surface area contributed by atoms with Crippen LogP contribution in [0.1, 0.15) is 107 Å². The molecule has 24 unspecified atom stereocenters. The first-order chi connectivity index (χ1) is 28.3. The summed E-state index contributed by atoms with van der Waals surface area (Å²) in [6.07, 6.45) is -11.8. The Balaban J connectivity index is 1.19. The fourth-order valence-electron chi connectivity index (χ4n) is 15.9. The Hall–Kier alpha value is -0.640. The number of rotatable bonds is 7. The zero-order valence-electron chi connectivity index (χ0n) is 37.2. The molecule has 8 fully saturated rings. The lowest BCUT2D eigenvalue weighted by Gasteiger charge is -2.75. The molecule has 0 aromatic carbocycles. The first-order valence-corrected chi connectivity index (χ1v) is 23.0. The van der Waals surface area contributed by atoms with Gasteiger partial charge in [-0.25, -0.2) is 0 Å². The molecule has 16 heteroatoms. The molecule has 0 radical (unpaired) electrons. The van der Waals surface area contributed by atoms with E-state index in [4.69, 9.17) is 28.4 Å². The number of ether oxygens (including phenoxy) is 6. The van der Waals surface area contributed by atoms with Crippen LogP contribution in [-0.2, 0) is 28.4 Å². The van der Waals surface area contributed by atoms with E-state index < -0.39 is 119 Å². The van der Waals surface area contributed by atoms with E-state index >= 15 is 0 Å². The average Bonchev–Trinajstić information content (AvgIpc) is 3.55. The minimum Gasteiger partial charge on any atom is -0.390 e. The highest BCUT2D eigenvalue weighted by Gasteiger charge is 2.75. The van der Waals surface area contributed by atoms with Crippen LogP contribution in [0.2, 0.25) is 0 Å². The van der Waals surface area contributed by atoms with Crippen molar-refractivity contribution >= 4 is 0 Å². The summed E-state index contributed by atoms with van der Waals surface area (Å²) in [7, 11) is 0. The van der Waals surface area contributed by atoms with Gasteiger partial charge in [0.2, 0.25) is 0 Å². The Labute approximate surface area is 359 Å². The topological polar surface area (TPSA) is 258 Å². The van der Waals surface area contributed by atoms with Gasteiger partial charge in [0, 0.05) is 0 Å². The summed E-state index contributed by atoms with van der Waals surface area (Å²) >= 11 is 0. The van der Waals surface area contributed by atoms with Crippen molar-refractivity contribution in [2.75, 3.05) is 19.8 Å². The van der Waals surface area contributed by atoms with E-state index in [9.17, 15) is 51.1 Å². The predicted octanol–water partition coefficient (Wildman–Crippen LogP) is 0.551. The Morgan fingerprint density at radius 3 is 1.39 bits per heavy atom. The van der Waals surface area contributed by atoms with Crippen molar-refractivity contribution in [1.82, 2.24) is 0 Å². The molecule has 3 heterocycles. The van der Waals surface area contributed by atoms with Crippen LogP contribution in [0.3, 0.4) is 0 Å². The van der Waals surface area contributed by atoms with E-state index in [1.807, 2.05) is 13.8 Å². The van der Waals surface area contributed by atoms with Gasteiger partial charge in [0.25, 0.3) is 0 Å². The Morgan fingerprint density at radius 1 is 0.508 bits per heavy atom. The standard InChI is InChI=1S/C45H76O16/c1-40(2)28(61-39-35(54)32(51)23(48)19-58-39)12-14-43(6)27-10-9-26-42(5)13-11-20(41(3,4)55)29(42)24(59-37-33(52)30(49)21(46)17-56-37)15-44(26,7)45(27,8)16-25(36(40)43)60-38-34(53)31(50)22(47)18-57-38/h20-39,46-55H,9-19H2,1-8H3. The lowest BCUT2D eigenvalue weighted by molar-refractivity contribution is -0.354. The second-order valence-corrected chi connectivity index (χ2v) is 22.8. The van der Waals surface area contributed by atoms with Crippen LogP contribution in [0.4, 0.5) is 0 Å². The first kappa shape index (κ1) is 46.9. The zero-order valence-corrected chi connectivity index (χ0v) is 37.2. The van der Waals surface area contributed by atoms with Gasteiger partial charge in [-0.15, -0.1) is 0 Å². The average molecular weight is 873 g/mol. The molecule has 8 aliphatic rings. The van der Waals surface area contributed by atoms with Gasteiger partial charge < -0.3 is 79.5 Å². The van der Waals surface area contributed by atoms with Gasteiger partial charge in [-0.2, -0.15) is 0 Å². The number of hydrogen-bond donors (Lipinski definition) is 10. The highest BCUT2D eigenvalue weighted by atomic mass is 16.7. The molecule has 352 valence electrons. The van der Waals surface area contributed by atoms with Crippen LogP contribution in [0.15, 0.2) is 0 Å². The minimum absolute atomic E-state index is 0.105. The van der Waals surface area contributed by atoms with Crippen LogP contribution in [-0.4, -0.2) is 169 Å². The molecule has 3 aliphatic heterocycles. The first-order valence-electron chi connectivity index (χ1n) is 23.0. The van der Waals surface area contributed by atoms with Crippen LogP contribution in [0, 0.1) is 56.7 Å². The second-order valence-electron chi connectivity index (χ2n) is 22.8. The van der Waals surface area contributed by atoms with Crippen molar-refractivity contribution in [1.29, 1.82) is 0 Å². The van der Waals surface area contributed by atoms with E-state index in [1.54, 1.807) is 0 Å². The largest absolute Gasteiger partial charge is 0.390 e. The Morgan fingerprint density at radius 2 is 0.918 bits per heavy atom. The monoisotopic (exact) mass is 873 g/mol. The quantitative estimate of drug-likeness (QED) is 0.157. The van der Waals surface area contributed by atoms with Crippen LogP contribution >= 0.6 is 0 Å². The molecule has 8 rings (SSSR count). The molecular formula is C45H76O16. The zero-order chi connectivity index (χ0) is 44.6. The lowest BCUT2D eigenvalue weighted by atomic mass is 9.31. The minimum atomic E-state index is -1.52. The van der Waals surface area contributed by atoms with E-state index in [1.165, 1.54) is 0 Å². The summed E-state index contributed by atoms with van der Waals surface area (Å²) in [6.45, 7) is 16.7. The van der Waals surface area contributed by atoms with Gasteiger partial charge in [0.05, 0.1) is 43.7 Å². The summed E-state index contributed by atoms with van der Waals surface area (Å²) in [6, 6.07) is 0. The Bertz CT molecular complexity index is 1580. The van der Waals surface area contributed by atoms with Gasteiger partial charge in [-0.1, -0.05) is 41.5 Å². The molecule has 24 atom stereocenters. The van der Waals surface area contributed by atoms with Crippen molar-refractivity contribution < 1.29 is 79.5 Å². The fourth-order valence-corrected chi connectivity index (χ4v) is 15.9. The maximum atomic E-state index is 11.7. The molecule has 5 aliphatic carbocycles. The van der Waals surface area contributed by atoms with Crippen molar-refractivity contribution in [3.63, 3.8) is 0 Å². The smallest absolute Gasteiger partial charge is 0.186 e. The number of hydrogen-bond acceptors (Lipinski definition) is 16. The van der Waals surface area contributed by atoms with Crippen molar-refractivity contribution in [3.8, 4) is 0 Å². The molecule has 61 heavy (non-hydrogen) atoms. The SMILES string of the molecule is CC(C)(O)C1CCC2(C)C1C(OC1OCC(O)C(O)C1O)CC1(C)C2CCC2C3(C)CCC(OC4OCC(O)C(O)C4O)C(C)(C)C3C(OC3OCC(O)C(O)C3O)CC21C. The van der Waals surface area contributed by atoms with Gasteiger partial charge in [-0.05, 0) is 122 Å². The van der Waals surface area contributed by atoms with Crippen molar-refractivity contribution in [2.45, 2.75) is 204 Å². The molecule has 0 aromatic rings. The highest BCUT2D eigenvalue weighted by Crippen LogP contribution is 2.79. The molecule has 0 spiro atoms. The number of aliphatic hydroxyl groups excluding tert-OH is 9. The summed E-state index contributed by atoms with van der Waals surface area (Å²) in [5.74, 6) is -0.109. The molecule has 5 saturated carbocycles. The van der Waals surface area contributed by atoms with E-state index in [-0.39, 0.29) is 54.8 Å². The normalized spacial score (nSPS) is 57.3. The summed E-state index contributed by atoms with van der Waals surface area (Å²) in [4.78, 5) is 0.